The molecule has 0 saturated carbocycles. The summed E-state index contributed by atoms with van der Waals surface area (Å²) in [5.74, 6) is -0.627. The molecule has 2 aromatic carbocycles. The van der Waals surface area contributed by atoms with Crippen LogP contribution in [0.4, 0.5) is 4.39 Å². The van der Waals surface area contributed by atoms with Crippen LogP contribution in [-0.4, -0.2) is 14.5 Å². The van der Waals surface area contributed by atoms with Crippen LogP contribution in [0.1, 0.15) is 5.56 Å². The quantitative estimate of drug-likeness (QED) is 0.262. The third-order valence-electron chi connectivity index (χ3n) is 5.26. The van der Waals surface area contributed by atoms with E-state index < -0.39 is 11.4 Å². The van der Waals surface area contributed by atoms with Crippen molar-refractivity contribution in [2.75, 3.05) is 0 Å². The molecular formula is C24H16ClFN3O2+. The van der Waals surface area contributed by atoms with E-state index in [9.17, 15) is 14.3 Å². The Morgan fingerprint density at radius 3 is 2.55 bits per heavy atom. The highest BCUT2D eigenvalue weighted by atomic mass is 35.5. The van der Waals surface area contributed by atoms with Crippen molar-refractivity contribution in [3.8, 4) is 17.0 Å². The summed E-state index contributed by atoms with van der Waals surface area (Å²) in [5.41, 5.74) is 1.46. The molecule has 1 N–H and O–H groups in total. The molecule has 7 heteroatoms. The van der Waals surface area contributed by atoms with Crippen molar-refractivity contribution < 1.29 is 14.1 Å². The van der Waals surface area contributed by atoms with Crippen LogP contribution >= 0.6 is 11.6 Å². The van der Waals surface area contributed by atoms with Gasteiger partial charge in [-0.25, -0.2) is 14.2 Å². The number of pyridine rings is 2. The van der Waals surface area contributed by atoms with Crippen LogP contribution in [0.2, 0.25) is 5.15 Å². The minimum atomic E-state index is -0.421. The van der Waals surface area contributed by atoms with Gasteiger partial charge in [0.1, 0.15) is 23.7 Å². The van der Waals surface area contributed by atoms with E-state index in [1.807, 2.05) is 36.4 Å². The van der Waals surface area contributed by atoms with Crippen LogP contribution in [0.5, 0.6) is 5.88 Å². The highest BCUT2D eigenvalue weighted by Crippen LogP contribution is 2.26. The van der Waals surface area contributed by atoms with Crippen LogP contribution in [0.25, 0.3) is 27.5 Å². The maximum Gasteiger partial charge on any atom is 0.354 e. The van der Waals surface area contributed by atoms with Gasteiger partial charge in [0, 0.05) is 11.8 Å². The fourth-order valence-corrected chi connectivity index (χ4v) is 3.91. The van der Waals surface area contributed by atoms with Crippen LogP contribution in [0, 0.1) is 5.82 Å². The molecule has 0 aliphatic heterocycles. The predicted octanol–water partition coefficient (Wildman–Crippen LogP) is 4.35. The molecule has 0 radical (unpaired) electrons. The highest BCUT2D eigenvalue weighted by Gasteiger charge is 2.27. The first kappa shape index (κ1) is 19.2. The lowest BCUT2D eigenvalue weighted by molar-refractivity contribution is -0.670. The molecule has 0 unspecified atom stereocenters. The summed E-state index contributed by atoms with van der Waals surface area (Å²) in [6.45, 7) is 0.252. The fourth-order valence-electron chi connectivity index (χ4n) is 3.79. The lowest BCUT2D eigenvalue weighted by Gasteiger charge is -2.12. The number of rotatable bonds is 3. The summed E-state index contributed by atoms with van der Waals surface area (Å²) < 4.78 is 16.6. The SMILES string of the molecule is O=c1c(-c2ccc(F)cc2)c(O)[n+](Cc2ccc(Cl)nc2)c2c3ccccc3ccn12. The molecule has 5 aromatic rings. The van der Waals surface area contributed by atoms with E-state index in [-0.39, 0.29) is 18.0 Å². The largest absolute Gasteiger partial charge is 0.477 e. The predicted molar refractivity (Wildman–Crippen MR) is 117 cm³/mol. The zero-order valence-corrected chi connectivity index (χ0v) is 16.9. The molecule has 3 heterocycles. The maximum atomic E-state index is 13.5. The van der Waals surface area contributed by atoms with Gasteiger partial charge >= 0.3 is 5.56 Å². The van der Waals surface area contributed by atoms with Crippen LogP contribution in [0.15, 0.2) is 83.9 Å². The normalized spacial score (nSPS) is 11.3. The molecule has 0 fully saturated rings. The standard InChI is InChI=1S/C24H15ClFN3O2/c25-20-10-5-15(13-27-20)14-29-22-19-4-2-1-3-16(19)11-12-28(22)23(30)21(24(29)31)17-6-8-18(26)9-7-17/h1-13H,14H2/p+1. The van der Waals surface area contributed by atoms with Gasteiger partial charge in [0.05, 0.1) is 5.39 Å². The summed E-state index contributed by atoms with van der Waals surface area (Å²) >= 11 is 5.91. The maximum absolute atomic E-state index is 13.5. The Hall–Kier alpha value is -3.77. The van der Waals surface area contributed by atoms with Gasteiger partial charge < -0.3 is 5.11 Å². The average molecular weight is 433 g/mol. The van der Waals surface area contributed by atoms with Crippen molar-refractivity contribution in [3.05, 3.63) is 106 Å². The molecule has 0 saturated heterocycles. The number of benzene rings is 2. The summed E-state index contributed by atoms with van der Waals surface area (Å²) in [5, 5.41) is 13.4. The topological polar surface area (TPSA) is 58.5 Å². The molecule has 0 bridgehead atoms. The Morgan fingerprint density at radius 2 is 1.81 bits per heavy atom. The van der Waals surface area contributed by atoms with Crippen molar-refractivity contribution in [3.63, 3.8) is 0 Å². The van der Waals surface area contributed by atoms with E-state index in [1.165, 1.54) is 28.7 Å². The number of fused-ring (bicyclic) bond motifs is 3. The van der Waals surface area contributed by atoms with Gasteiger partial charge in [-0.2, -0.15) is 8.97 Å². The minimum absolute atomic E-state index is 0.0923. The molecule has 3 aromatic heterocycles. The average Bonchev–Trinajstić information content (AvgIpc) is 2.79. The van der Waals surface area contributed by atoms with E-state index in [1.54, 1.807) is 23.0 Å². The van der Waals surface area contributed by atoms with Gasteiger partial charge in [-0.3, -0.25) is 0 Å². The van der Waals surface area contributed by atoms with Gasteiger partial charge in [0.15, 0.2) is 5.56 Å². The Morgan fingerprint density at radius 1 is 1.03 bits per heavy atom. The Bertz CT molecular complexity index is 1500. The number of aromatic hydroxyl groups is 1. The smallest absolute Gasteiger partial charge is 0.354 e. The van der Waals surface area contributed by atoms with Gasteiger partial charge in [0.2, 0.25) is 0 Å². The molecule has 0 aliphatic carbocycles. The summed E-state index contributed by atoms with van der Waals surface area (Å²) in [6.07, 6.45) is 3.31. The zero-order valence-electron chi connectivity index (χ0n) is 16.2. The monoisotopic (exact) mass is 432 g/mol. The van der Waals surface area contributed by atoms with E-state index in [2.05, 4.69) is 4.98 Å². The van der Waals surface area contributed by atoms with E-state index in [4.69, 9.17) is 11.6 Å². The van der Waals surface area contributed by atoms with Crippen molar-refractivity contribution in [2.45, 2.75) is 6.54 Å². The van der Waals surface area contributed by atoms with Crippen LogP contribution in [0.3, 0.4) is 0 Å². The molecule has 152 valence electrons. The van der Waals surface area contributed by atoms with Crippen LogP contribution in [-0.2, 0) is 6.54 Å². The van der Waals surface area contributed by atoms with Crippen molar-refractivity contribution >= 4 is 28.0 Å². The first-order chi connectivity index (χ1) is 15.0. The van der Waals surface area contributed by atoms with Gasteiger partial charge in [-0.1, -0.05) is 48.0 Å². The number of hydrogen-bond donors (Lipinski definition) is 1. The second-order valence-electron chi connectivity index (χ2n) is 7.18. The van der Waals surface area contributed by atoms with Crippen molar-refractivity contribution in [1.82, 2.24) is 9.38 Å². The van der Waals surface area contributed by atoms with Crippen molar-refractivity contribution in [1.29, 1.82) is 0 Å². The third-order valence-corrected chi connectivity index (χ3v) is 5.49. The Kier molecular flexibility index (Phi) is 4.64. The highest BCUT2D eigenvalue weighted by molar-refractivity contribution is 6.29. The lowest BCUT2D eigenvalue weighted by Crippen LogP contribution is -2.41. The van der Waals surface area contributed by atoms with Gasteiger partial charge in [-0.05, 0) is 41.3 Å². The third kappa shape index (κ3) is 3.31. The van der Waals surface area contributed by atoms with E-state index in [0.29, 0.717) is 16.4 Å². The van der Waals surface area contributed by atoms with Crippen molar-refractivity contribution in [2.24, 2.45) is 0 Å². The molecule has 0 aliphatic rings. The molecule has 5 rings (SSSR count). The van der Waals surface area contributed by atoms with Gasteiger partial charge in [-0.15, -0.1) is 0 Å². The lowest BCUT2D eigenvalue weighted by atomic mass is 10.1. The molecule has 5 nitrogen and oxygen atoms in total. The molecule has 0 atom stereocenters. The summed E-state index contributed by atoms with van der Waals surface area (Å²) in [7, 11) is 0. The second-order valence-corrected chi connectivity index (χ2v) is 7.57. The zero-order chi connectivity index (χ0) is 21.5. The van der Waals surface area contributed by atoms with E-state index >= 15 is 0 Å². The number of aromatic nitrogens is 3. The minimum Gasteiger partial charge on any atom is -0.477 e. The molecule has 0 spiro atoms. The van der Waals surface area contributed by atoms with Crippen LogP contribution < -0.4 is 10.1 Å². The first-order valence-electron chi connectivity index (χ1n) is 9.58. The molecule has 0 amide bonds. The first-order valence-corrected chi connectivity index (χ1v) is 9.96. The van der Waals surface area contributed by atoms with Gasteiger partial charge in [0.25, 0.3) is 11.5 Å². The van der Waals surface area contributed by atoms with E-state index in [0.717, 1.165) is 16.3 Å². The Balaban J connectivity index is 1.88. The fraction of sp³-hybridized carbons (Fsp3) is 0.0417. The summed E-state index contributed by atoms with van der Waals surface area (Å²) in [6, 6.07) is 18.5. The summed E-state index contributed by atoms with van der Waals surface area (Å²) in [4.78, 5) is 17.5. The number of hydrogen-bond acceptors (Lipinski definition) is 3. The number of halogens is 2. The Labute approximate surface area is 181 Å². The number of nitrogens with zero attached hydrogens (tertiary/aromatic N) is 3. The molecular weight excluding hydrogens is 417 g/mol. The second kappa shape index (κ2) is 7.49. The molecule has 31 heavy (non-hydrogen) atoms.